The highest BCUT2D eigenvalue weighted by molar-refractivity contribution is 6.31. The molecule has 0 amide bonds. The zero-order valence-corrected chi connectivity index (χ0v) is 17.8. The summed E-state index contributed by atoms with van der Waals surface area (Å²) >= 11 is 6.56. The maximum atomic E-state index is 6.56. The van der Waals surface area contributed by atoms with Crippen LogP contribution >= 0.6 is 36.4 Å². The van der Waals surface area contributed by atoms with Gasteiger partial charge in [0, 0.05) is 36.9 Å². The molecule has 0 atom stereocenters. The van der Waals surface area contributed by atoms with Gasteiger partial charge in [-0.15, -0.1) is 24.8 Å². The van der Waals surface area contributed by atoms with Gasteiger partial charge >= 0.3 is 0 Å². The fourth-order valence-electron chi connectivity index (χ4n) is 3.49. The number of nitrogens with zero attached hydrogens (tertiary/aromatic N) is 2. The van der Waals surface area contributed by atoms with Crippen molar-refractivity contribution in [3.8, 4) is 0 Å². The van der Waals surface area contributed by atoms with Crippen LogP contribution in [-0.4, -0.2) is 43.3 Å². The standard InChI is InChI=1S/C19H25ClN4O.2ClH/c1-25-14-4-10-22-18-23-11-7-17(24-18)19(8-12-21-13-9-19)15-5-2-3-6-16(15)20;;/h2-3,5-7,11,21H,4,8-10,12-14H2,1H3,(H,22,23,24);2*1H. The average molecular weight is 434 g/mol. The van der Waals surface area contributed by atoms with Crippen molar-refractivity contribution in [2.45, 2.75) is 24.7 Å². The molecule has 0 spiro atoms. The molecule has 5 nitrogen and oxygen atoms in total. The van der Waals surface area contributed by atoms with E-state index in [1.54, 1.807) is 7.11 Å². The van der Waals surface area contributed by atoms with Gasteiger partial charge in [0.15, 0.2) is 0 Å². The molecule has 1 aliphatic rings. The van der Waals surface area contributed by atoms with Gasteiger partial charge in [-0.25, -0.2) is 9.97 Å². The van der Waals surface area contributed by atoms with Gasteiger partial charge in [0.25, 0.3) is 0 Å². The van der Waals surface area contributed by atoms with E-state index >= 15 is 0 Å². The van der Waals surface area contributed by atoms with Crippen molar-refractivity contribution in [2.75, 3.05) is 38.7 Å². The SMILES string of the molecule is COCCCNc1nccc(C2(c3ccccc3Cl)CCNCC2)n1.Cl.Cl. The number of ether oxygens (including phenoxy) is 1. The van der Waals surface area contributed by atoms with Crippen LogP contribution in [0.1, 0.15) is 30.5 Å². The van der Waals surface area contributed by atoms with E-state index in [-0.39, 0.29) is 30.2 Å². The normalized spacial score (nSPS) is 15.3. The van der Waals surface area contributed by atoms with Gasteiger partial charge in [-0.3, -0.25) is 0 Å². The summed E-state index contributed by atoms with van der Waals surface area (Å²) in [5, 5.41) is 7.54. The number of aromatic nitrogens is 2. The summed E-state index contributed by atoms with van der Waals surface area (Å²) in [6, 6.07) is 10.1. The van der Waals surface area contributed by atoms with Crippen molar-refractivity contribution in [2.24, 2.45) is 0 Å². The molecule has 0 aliphatic carbocycles. The van der Waals surface area contributed by atoms with Gasteiger partial charge in [-0.05, 0) is 50.0 Å². The molecule has 1 saturated heterocycles. The number of rotatable bonds is 7. The number of hydrogen-bond donors (Lipinski definition) is 2. The summed E-state index contributed by atoms with van der Waals surface area (Å²) in [7, 11) is 1.71. The predicted octanol–water partition coefficient (Wildman–Crippen LogP) is 4.09. The molecule has 2 N–H and O–H groups in total. The quantitative estimate of drug-likeness (QED) is 0.644. The molecule has 0 radical (unpaired) electrons. The third-order valence-electron chi connectivity index (χ3n) is 4.80. The largest absolute Gasteiger partial charge is 0.385 e. The maximum absolute atomic E-state index is 6.56. The molecule has 1 aliphatic heterocycles. The lowest BCUT2D eigenvalue weighted by molar-refractivity contribution is 0.197. The Kier molecular flexibility index (Phi) is 10.3. The van der Waals surface area contributed by atoms with E-state index < -0.39 is 0 Å². The number of halogens is 3. The minimum atomic E-state index is -0.171. The molecule has 0 unspecified atom stereocenters. The number of nitrogens with one attached hydrogen (secondary N) is 2. The van der Waals surface area contributed by atoms with Gasteiger partial charge in [0.1, 0.15) is 0 Å². The van der Waals surface area contributed by atoms with Crippen LogP contribution in [-0.2, 0) is 10.2 Å². The van der Waals surface area contributed by atoms with E-state index in [2.05, 4.69) is 27.8 Å². The van der Waals surface area contributed by atoms with E-state index in [0.29, 0.717) is 5.95 Å². The average Bonchev–Trinajstić information content (AvgIpc) is 2.66. The lowest BCUT2D eigenvalue weighted by atomic mass is 9.70. The maximum Gasteiger partial charge on any atom is 0.222 e. The smallest absolute Gasteiger partial charge is 0.222 e. The predicted molar refractivity (Wildman–Crippen MR) is 116 cm³/mol. The van der Waals surface area contributed by atoms with E-state index in [1.807, 2.05) is 24.4 Å². The second-order valence-corrected chi connectivity index (χ2v) is 6.76. The van der Waals surface area contributed by atoms with Crippen LogP contribution in [0, 0.1) is 0 Å². The highest BCUT2D eigenvalue weighted by Gasteiger charge is 2.38. The van der Waals surface area contributed by atoms with Crippen LogP contribution < -0.4 is 10.6 Å². The summed E-state index contributed by atoms with van der Waals surface area (Å²) in [5.74, 6) is 0.665. The van der Waals surface area contributed by atoms with Crippen LogP contribution in [0.15, 0.2) is 36.5 Å². The molecule has 8 heteroatoms. The van der Waals surface area contributed by atoms with E-state index in [1.165, 1.54) is 0 Å². The van der Waals surface area contributed by atoms with Crippen molar-refractivity contribution in [3.63, 3.8) is 0 Å². The van der Waals surface area contributed by atoms with Gasteiger partial charge < -0.3 is 15.4 Å². The first-order valence-corrected chi connectivity index (χ1v) is 9.16. The summed E-state index contributed by atoms with van der Waals surface area (Å²) in [5.41, 5.74) is 2.02. The lowest BCUT2D eigenvalue weighted by Gasteiger charge is -2.38. The molecule has 1 aromatic heterocycles. The Bertz CT molecular complexity index is 696. The van der Waals surface area contributed by atoms with Gasteiger partial charge in [0.2, 0.25) is 5.95 Å². The molecule has 3 rings (SSSR count). The van der Waals surface area contributed by atoms with Crippen molar-refractivity contribution < 1.29 is 4.74 Å². The van der Waals surface area contributed by atoms with Gasteiger partial charge in [0.05, 0.1) is 5.69 Å². The van der Waals surface area contributed by atoms with E-state index in [0.717, 1.165) is 61.8 Å². The first-order valence-electron chi connectivity index (χ1n) is 8.78. The second-order valence-electron chi connectivity index (χ2n) is 6.35. The Hall–Kier alpha value is -1.11. The number of piperidine rings is 1. The highest BCUT2D eigenvalue weighted by Crippen LogP contribution is 2.42. The molecular formula is C19H27Cl3N4O. The van der Waals surface area contributed by atoms with Crippen molar-refractivity contribution in [1.82, 2.24) is 15.3 Å². The molecule has 1 aromatic carbocycles. The number of methoxy groups -OCH3 is 1. The van der Waals surface area contributed by atoms with Crippen LogP contribution in [0.5, 0.6) is 0 Å². The molecule has 2 aromatic rings. The summed E-state index contributed by atoms with van der Waals surface area (Å²) < 4.78 is 5.08. The van der Waals surface area contributed by atoms with Gasteiger partial charge in [-0.2, -0.15) is 0 Å². The first-order chi connectivity index (χ1) is 12.3. The molecule has 1 fully saturated rings. The lowest BCUT2D eigenvalue weighted by Crippen LogP contribution is -2.41. The molecule has 2 heterocycles. The van der Waals surface area contributed by atoms with Crippen molar-refractivity contribution >= 4 is 42.4 Å². The fraction of sp³-hybridized carbons (Fsp3) is 0.474. The first kappa shape index (κ1) is 23.9. The Morgan fingerprint density at radius 2 is 1.93 bits per heavy atom. The highest BCUT2D eigenvalue weighted by atomic mass is 35.5. The van der Waals surface area contributed by atoms with Crippen LogP contribution in [0.4, 0.5) is 5.95 Å². The third-order valence-corrected chi connectivity index (χ3v) is 5.13. The minimum absolute atomic E-state index is 0. The Labute approximate surface area is 178 Å². The number of benzene rings is 1. The van der Waals surface area contributed by atoms with Gasteiger partial charge in [-0.1, -0.05) is 29.8 Å². The minimum Gasteiger partial charge on any atom is -0.385 e. The topological polar surface area (TPSA) is 59.1 Å². The zero-order valence-electron chi connectivity index (χ0n) is 15.4. The molecule has 150 valence electrons. The summed E-state index contributed by atoms with van der Waals surface area (Å²) in [6.07, 6.45) is 4.69. The summed E-state index contributed by atoms with van der Waals surface area (Å²) in [6.45, 7) is 3.41. The van der Waals surface area contributed by atoms with Crippen LogP contribution in [0.25, 0.3) is 0 Å². The van der Waals surface area contributed by atoms with Crippen molar-refractivity contribution in [3.05, 3.63) is 52.8 Å². The monoisotopic (exact) mass is 432 g/mol. The zero-order chi connectivity index (χ0) is 17.5. The van der Waals surface area contributed by atoms with Crippen LogP contribution in [0.3, 0.4) is 0 Å². The molecule has 27 heavy (non-hydrogen) atoms. The Balaban J connectivity index is 0.00000182. The Morgan fingerprint density at radius 3 is 2.63 bits per heavy atom. The Morgan fingerprint density at radius 1 is 1.19 bits per heavy atom. The van der Waals surface area contributed by atoms with Crippen LogP contribution in [0.2, 0.25) is 5.02 Å². The van der Waals surface area contributed by atoms with Crippen molar-refractivity contribution in [1.29, 1.82) is 0 Å². The molecular weight excluding hydrogens is 407 g/mol. The summed E-state index contributed by atoms with van der Waals surface area (Å²) in [4.78, 5) is 9.20. The molecule has 0 saturated carbocycles. The second kappa shape index (κ2) is 11.7. The molecule has 0 bridgehead atoms. The van der Waals surface area contributed by atoms with E-state index in [4.69, 9.17) is 21.3 Å². The van der Waals surface area contributed by atoms with E-state index in [9.17, 15) is 0 Å². The number of hydrogen-bond acceptors (Lipinski definition) is 5. The third kappa shape index (κ3) is 5.69. The number of anilines is 1. The fourth-order valence-corrected chi connectivity index (χ4v) is 3.81.